The number of nitrogens with zero attached hydrogens (tertiary/aromatic N) is 5. The van der Waals surface area contributed by atoms with Gasteiger partial charge in [-0.3, -0.25) is 4.90 Å². The number of aryl methyl sites for hydroxylation is 1. The molecule has 0 radical (unpaired) electrons. The third-order valence-electron chi connectivity index (χ3n) is 3.63. The lowest BCUT2D eigenvalue weighted by atomic mass is 10.2. The van der Waals surface area contributed by atoms with E-state index in [0.717, 1.165) is 44.1 Å². The van der Waals surface area contributed by atoms with Gasteiger partial charge in [-0.15, -0.1) is 11.3 Å². The molecule has 0 saturated carbocycles. The Morgan fingerprint density at radius 2 is 2.10 bits per heavy atom. The molecule has 0 atom stereocenters. The lowest BCUT2D eigenvalue weighted by molar-refractivity contribution is 0.249. The van der Waals surface area contributed by atoms with Crippen LogP contribution in [0.3, 0.4) is 0 Å². The second-order valence-electron chi connectivity index (χ2n) is 5.16. The molecule has 6 heteroatoms. The predicted molar refractivity (Wildman–Crippen MR) is 83.3 cm³/mol. The van der Waals surface area contributed by atoms with Crippen LogP contribution < -0.4 is 4.90 Å². The molecule has 1 fully saturated rings. The summed E-state index contributed by atoms with van der Waals surface area (Å²) < 4.78 is 0. The van der Waals surface area contributed by atoms with Crippen LogP contribution in [0.1, 0.15) is 16.4 Å². The van der Waals surface area contributed by atoms with E-state index in [0.29, 0.717) is 5.69 Å². The molecule has 3 heterocycles. The van der Waals surface area contributed by atoms with E-state index in [2.05, 4.69) is 25.1 Å². The topological polar surface area (TPSA) is 56.0 Å². The quantitative estimate of drug-likeness (QED) is 0.868. The van der Waals surface area contributed by atoms with Crippen LogP contribution in [0.5, 0.6) is 0 Å². The van der Waals surface area contributed by atoms with Gasteiger partial charge in [0.1, 0.15) is 16.8 Å². The Balaban J connectivity index is 1.56. The van der Waals surface area contributed by atoms with Crippen molar-refractivity contribution < 1.29 is 0 Å². The average molecular weight is 299 g/mol. The number of nitriles is 1. The van der Waals surface area contributed by atoms with Crippen molar-refractivity contribution in [2.24, 2.45) is 0 Å². The molecule has 0 aromatic carbocycles. The fourth-order valence-electron chi connectivity index (χ4n) is 2.47. The van der Waals surface area contributed by atoms with E-state index in [1.807, 2.05) is 19.1 Å². The van der Waals surface area contributed by atoms with Crippen LogP contribution in [0, 0.1) is 18.3 Å². The van der Waals surface area contributed by atoms with Crippen molar-refractivity contribution in [1.29, 1.82) is 5.26 Å². The highest BCUT2D eigenvalue weighted by Gasteiger charge is 2.18. The standard InChI is InChI=1S/C15H17N5S/c1-12-11-21-15(18-12)10-19-4-6-20(7-5-19)14-3-2-13(8-16)17-9-14/h2-3,9,11H,4-7,10H2,1H3. The normalized spacial score (nSPS) is 15.9. The molecule has 0 spiro atoms. The van der Waals surface area contributed by atoms with Gasteiger partial charge in [-0.25, -0.2) is 9.97 Å². The van der Waals surface area contributed by atoms with Crippen LogP contribution in [0.25, 0.3) is 0 Å². The Bertz CT molecular complexity index is 635. The number of hydrogen-bond acceptors (Lipinski definition) is 6. The highest BCUT2D eigenvalue weighted by atomic mass is 32.1. The Hall–Kier alpha value is -1.97. The first-order chi connectivity index (χ1) is 10.2. The monoisotopic (exact) mass is 299 g/mol. The molecule has 2 aromatic heterocycles. The third kappa shape index (κ3) is 3.38. The van der Waals surface area contributed by atoms with Crippen LogP contribution in [0.15, 0.2) is 23.7 Å². The number of anilines is 1. The molecular weight excluding hydrogens is 282 g/mol. The zero-order chi connectivity index (χ0) is 14.7. The van der Waals surface area contributed by atoms with Crippen LogP contribution in [0.2, 0.25) is 0 Å². The summed E-state index contributed by atoms with van der Waals surface area (Å²) in [5.41, 5.74) is 2.67. The molecule has 1 aliphatic heterocycles. The fourth-order valence-corrected chi connectivity index (χ4v) is 3.28. The lowest BCUT2D eigenvalue weighted by Crippen LogP contribution is -2.46. The smallest absolute Gasteiger partial charge is 0.140 e. The maximum absolute atomic E-state index is 8.78. The summed E-state index contributed by atoms with van der Waals surface area (Å²) >= 11 is 1.74. The molecule has 0 N–H and O–H groups in total. The maximum atomic E-state index is 8.78. The van der Waals surface area contributed by atoms with Crippen molar-refractivity contribution in [3.05, 3.63) is 40.1 Å². The van der Waals surface area contributed by atoms with Gasteiger partial charge in [0.2, 0.25) is 0 Å². The van der Waals surface area contributed by atoms with Gasteiger partial charge >= 0.3 is 0 Å². The van der Waals surface area contributed by atoms with Gasteiger partial charge in [0.05, 0.1) is 18.4 Å². The van der Waals surface area contributed by atoms with Crippen molar-refractivity contribution in [3.8, 4) is 6.07 Å². The van der Waals surface area contributed by atoms with E-state index in [1.54, 1.807) is 23.6 Å². The molecular formula is C15H17N5S. The van der Waals surface area contributed by atoms with Gasteiger partial charge in [0.15, 0.2) is 0 Å². The van der Waals surface area contributed by atoms with Crippen molar-refractivity contribution in [2.75, 3.05) is 31.1 Å². The lowest BCUT2D eigenvalue weighted by Gasteiger charge is -2.35. The number of piperazine rings is 1. The summed E-state index contributed by atoms with van der Waals surface area (Å²) in [4.78, 5) is 13.4. The number of aromatic nitrogens is 2. The number of pyridine rings is 1. The molecule has 1 aliphatic rings. The number of thiazole rings is 1. The Kier molecular flexibility index (Phi) is 4.13. The highest BCUT2D eigenvalue weighted by molar-refractivity contribution is 7.09. The minimum absolute atomic E-state index is 0.469. The third-order valence-corrected chi connectivity index (χ3v) is 4.58. The minimum Gasteiger partial charge on any atom is -0.368 e. The zero-order valence-electron chi connectivity index (χ0n) is 12.0. The molecule has 108 valence electrons. The van der Waals surface area contributed by atoms with E-state index < -0.39 is 0 Å². The van der Waals surface area contributed by atoms with Crippen LogP contribution in [-0.2, 0) is 6.54 Å². The second-order valence-corrected chi connectivity index (χ2v) is 6.10. The molecule has 1 saturated heterocycles. The molecule has 0 unspecified atom stereocenters. The van der Waals surface area contributed by atoms with Gasteiger partial charge in [-0.05, 0) is 19.1 Å². The van der Waals surface area contributed by atoms with Crippen LogP contribution in [-0.4, -0.2) is 41.0 Å². The van der Waals surface area contributed by atoms with Crippen molar-refractivity contribution in [2.45, 2.75) is 13.5 Å². The van der Waals surface area contributed by atoms with E-state index in [4.69, 9.17) is 5.26 Å². The molecule has 0 amide bonds. The largest absolute Gasteiger partial charge is 0.368 e. The summed E-state index contributed by atoms with van der Waals surface area (Å²) in [7, 11) is 0. The van der Waals surface area contributed by atoms with E-state index in [1.165, 1.54) is 5.01 Å². The summed E-state index contributed by atoms with van der Waals surface area (Å²) in [5.74, 6) is 0. The molecule has 2 aromatic rings. The van der Waals surface area contributed by atoms with Crippen LogP contribution >= 0.6 is 11.3 Å². The van der Waals surface area contributed by atoms with Gasteiger partial charge in [0.25, 0.3) is 0 Å². The molecule has 3 rings (SSSR count). The summed E-state index contributed by atoms with van der Waals surface area (Å²) in [6.45, 7) is 7.00. The molecule has 0 bridgehead atoms. The summed E-state index contributed by atoms with van der Waals surface area (Å²) in [5, 5.41) is 12.1. The Labute approximate surface area is 128 Å². The maximum Gasteiger partial charge on any atom is 0.140 e. The first-order valence-corrected chi connectivity index (χ1v) is 7.87. The summed E-state index contributed by atoms with van der Waals surface area (Å²) in [6, 6.07) is 5.81. The second kappa shape index (κ2) is 6.20. The first-order valence-electron chi connectivity index (χ1n) is 6.99. The summed E-state index contributed by atoms with van der Waals surface area (Å²) in [6.07, 6.45) is 1.79. The zero-order valence-corrected chi connectivity index (χ0v) is 12.8. The highest BCUT2D eigenvalue weighted by Crippen LogP contribution is 2.17. The number of rotatable bonds is 3. The Morgan fingerprint density at radius 1 is 1.29 bits per heavy atom. The molecule has 5 nitrogen and oxygen atoms in total. The SMILES string of the molecule is Cc1csc(CN2CCN(c3ccc(C#N)nc3)CC2)n1. The first kappa shape index (κ1) is 14.0. The van der Waals surface area contributed by atoms with Crippen LogP contribution in [0.4, 0.5) is 5.69 Å². The predicted octanol–water partition coefficient (Wildman–Crippen LogP) is 2.04. The molecule has 21 heavy (non-hydrogen) atoms. The van der Waals surface area contributed by atoms with Crippen molar-refractivity contribution >= 4 is 17.0 Å². The van der Waals surface area contributed by atoms with Crippen molar-refractivity contribution in [3.63, 3.8) is 0 Å². The number of hydrogen-bond donors (Lipinski definition) is 0. The molecule has 0 aliphatic carbocycles. The minimum atomic E-state index is 0.469. The van der Waals surface area contributed by atoms with Gasteiger partial charge in [-0.1, -0.05) is 0 Å². The van der Waals surface area contributed by atoms with E-state index in [9.17, 15) is 0 Å². The average Bonchev–Trinajstić information content (AvgIpc) is 2.93. The van der Waals surface area contributed by atoms with Crippen molar-refractivity contribution in [1.82, 2.24) is 14.9 Å². The van der Waals surface area contributed by atoms with E-state index in [-0.39, 0.29) is 0 Å². The van der Waals surface area contributed by atoms with Gasteiger partial charge < -0.3 is 4.90 Å². The van der Waals surface area contributed by atoms with Gasteiger partial charge in [0, 0.05) is 37.3 Å². The van der Waals surface area contributed by atoms with Gasteiger partial charge in [-0.2, -0.15) is 5.26 Å². The van der Waals surface area contributed by atoms with E-state index >= 15 is 0 Å². The Morgan fingerprint density at radius 3 is 2.67 bits per heavy atom. The fraction of sp³-hybridized carbons (Fsp3) is 0.400.